The Morgan fingerprint density at radius 3 is 2.44 bits per heavy atom. The van der Waals surface area contributed by atoms with Crippen LogP contribution in [0, 0.1) is 11.8 Å². The van der Waals surface area contributed by atoms with E-state index in [0.717, 1.165) is 47.7 Å². The number of halogens is 3. The first-order chi connectivity index (χ1) is 19.8. The molecule has 4 aromatic rings. The molecule has 1 fully saturated rings. The smallest absolute Gasteiger partial charge is 0.286 e. The first-order valence-corrected chi connectivity index (χ1v) is 15.6. The topological polar surface area (TPSA) is 102 Å². The molecule has 1 amide bonds. The molecule has 5 rings (SSSR count). The van der Waals surface area contributed by atoms with Gasteiger partial charge in [-0.3, -0.25) is 14.4 Å². The fourth-order valence-corrected chi connectivity index (χ4v) is 6.21. The molecule has 2 aromatic carbocycles. The second-order valence-electron chi connectivity index (χ2n) is 9.15. The summed E-state index contributed by atoms with van der Waals surface area (Å²) in [6, 6.07) is 15.9. The number of aromatic nitrogens is 2. The van der Waals surface area contributed by atoms with Gasteiger partial charge in [-0.2, -0.15) is 5.10 Å². The van der Waals surface area contributed by atoms with Crippen molar-refractivity contribution >= 4 is 63.3 Å². The lowest BCUT2D eigenvalue weighted by molar-refractivity contribution is 0.0743. The number of hydrogen-bond acceptors (Lipinski definition) is 6. The average molecular weight is 648 g/mol. The number of thiophene rings is 1. The molecule has 212 valence electrons. The molecule has 1 saturated heterocycles. The summed E-state index contributed by atoms with van der Waals surface area (Å²) in [4.78, 5) is 15.0. The Morgan fingerprint density at radius 2 is 1.73 bits per heavy atom. The third-order valence-electron chi connectivity index (χ3n) is 6.33. The lowest BCUT2D eigenvalue weighted by Gasteiger charge is -2.26. The van der Waals surface area contributed by atoms with E-state index in [2.05, 4.69) is 27.1 Å². The van der Waals surface area contributed by atoms with Crippen molar-refractivity contribution in [2.75, 3.05) is 13.1 Å². The van der Waals surface area contributed by atoms with E-state index in [1.165, 1.54) is 11.3 Å². The van der Waals surface area contributed by atoms with E-state index in [9.17, 15) is 13.6 Å². The van der Waals surface area contributed by atoms with Crippen LogP contribution in [-0.4, -0.2) is 42.5 Å². The van der Waals surface area contributed by atoms with E-state index < -0.39 is 17.2 Å². The zero-order valence-electron chi connectivity index (χ0n) is 21.5. The second-order valence-corrected chi connectivity index (χ2v) is 12.3. The number of hydrazine groups is 1. The van der Waals surface area contributed by atoms with Gasteiger partial charge in [-0.25, -0.2) is 14.4 Å². The van der Waals surface area contributed by atoms with Crippen LogP contribution in [0.3, 0.4) is 0 Å². The number of nitrogens with one attached hydrogen (secondary N) is 2. The summed E-state index contributed by atoms with van der Waals surface area (Å²) in [6.07, 6.45) is 3.05. The van der Waals surface area contributed by atoms with Gasteiger partial charge in [0.15, 0.2) is 5.69 Å². The molecule has 0 bridgehead atoms. The summed E-state index contributed by atoms with van der Waals surface area (Å²) >= 11 is 17.5. The van der Waals surface area contributed by atoms with Crippen molar-refractivity contribution in [3.63, 3.8) is 0 Å². The standard InChI is InChI=1S/C28H24Cl3N5O3S2/c29-19-7-4-18(5-8-19)6-10-21-11-13-25(40-21)27-22(17-32-41(38)39)26(28(37)34-35-14-2-1-3-15-35)33-36(27)24-12-9-20(30)16-23(24)31/h4-5,7-9,11-13,16,32H,1-3,14-15,17H2,(H,34,37)(H,38,39)/p-1. The van der Waals surface area contributed by atoms with Gasteiger partial charge in [0.2, 0.25) is 0 Å². The van der Waals surface area contributed by atoms with E-state index in [4.69, 9.17) is 34.8 Å². The SMILES string of the molecule is O=C(NN1CCCCC1)c1nn(-c2ccc(Cl)cc2Cl)c(-c2ccc(C#Cc3ccc(Cl)cc3)s2)c1CNS(=O)[O-]. The summed E-state index contributed by atoms with van der Waals surface area (Å²) in [5.41, 5.74) is 5.21. The lowest BCUT2D eigenvalue weighted by Crippen LogP contribution is -2.45. The summed E-state index contributed by atoms with van der Waals surface area (Å²) in [5.74, 6) is 5.83. The summed E-state index contributed by atoms with van der Waals surface area (Å²) < 4.78 is 27.0. The van der Waals surface area contributed by atoms with Gasteiger partial charge in [0.05, 0.1) is 26.2 Å². The largest absolute Gasteiger partial charge is 0.760 e. The molecule has 1 aliphatic heterocycles. The van der Waals surface area contributed by atoms with Gasteiger partial charge in [0.1, 0.15) is 0 Å². The Kier molecular flexibility index (Phi) is 9.80. The number of carbonyl (C=O) groups excluding carboxylic acids is 1. The molecule has 0 spiro atoms. The number of rotatable bonds is 7. The lowest BCUT2D eigenvalue weighted by atomic mass is 10.1. The number of piperidine rings is 1. The van der Waals surface area contributed by atoms with Crippen molar-refractivity contribution in [3.05, 3.63) is 91.4 Å². The highest BCUT2D eigenvalue weighted by Crippen LogP contribution is 2.36. The number of nitrogens with zero attached hydrogens (tertiary/aromatic N) is 3. The van der Waals surface area contributed by atoms with Crippen LogP contribution in [0.2, 0.25) is 15.1 Å². The van der Waals surface area contributed by atoms with Gasteiger partial charge in [0, 0.05) is 52.1 Å². The molecule has 41 heavy (non-hydrogen) atoms. The molecule has 0 saturated carbocycles. The minimum absolute atomic E-state index is 0.0803. The average Bonchev–Trinajstić information content (AvgIpc) is 3.57. The molecule has 8 nitrogen and oxygen atoms in total. The van der Waals surface area contributed by atoms with Crippen LogP contribution >= 0.6 is 46.1 Å². The highest BCUT2D eigenvalue weighted by atomic mass is 35.5. The summed E-state index contributed by atoms with van der Waals surface area (Å²) in [5, 5.41) is 7.91. The van der Waals surface area contributed by atoms with Gasteiger partial charge >= 0.3 is 0 Å². The molecule has 0 radical (unpaired) electrons. The van der Waals surface area contributed by atoms with Gasteiger partial charge in [-0.1, -0.05) is 53.1 Å². The quantitative estimate of drug-likeness (QED) is 0.190. The van der Waals surface area contributed by atoms with Gasteiger partial charge in [-0.15, -0.1) is 11.3 Å². The maximum Gasteiger partial charge on any atom is 0.286 e. The molecular weight excluding hydrogens is 625 g/mol. The van der Waals surface area contributed by atoms with Crippen LogP contribution < -0.4 is 10.1 Å². The Balaban J connectivity index is 1.61. The third-order valence-corrected chi connectivity index (χ3v) is 8.51. The van der Waals surface area contributed by atoms with Crippen LogP contribution in [-0.2, 0) is 17.8 Å². The number of benzene rings is 2. The fourth-order valence-electron chi connectivity index (χ4n) is 4.41. The van der Waals surface area contributed by atoms with Gasteiger partial charge < -0.3 is 4.55 Å². The van der Waals surface area contributed by atoms with Crippen molar-refractivity contribution in [2.45, 2.75) is 25.8 Å². The molecule has 3 heterocycles. The summed E-state index contributed by atoms with van der Waals surface area (Å²) in [7, 11) is 0. The maximum atomic E-state index is 13.5. The number of hydrogen-bond donors (Lipinski definition) is 2. The van der Waals surface area contributed by atoms with Crippen LogP contribution in [0.5, 0.6) is 0 Å². The molecular formula is C28H23Cl3N5O3S2-. The van der Waals surface area contributed by atoms with Crippen molar-refractivity contribution in [2.24, 2.45) is 0 Å². The van der Waals surface area contributed by atoms with Gasteiger partial charge in [0.25, 0.3) is 5.91 Å². The Hall–Kier alpha value is -2.72. The van der Waals surface area contributed by atoms with Crippen molar-refractivity contribution in [1.82, 2.24) is 24.9 Å². The number of amides is 1. The minimum Gasteiger partial charge on any atom is -0.760 e. The maximum absolute atomic E-state index is 13.5. The molecule has 1 aliphatic rings. The fraction of sp³-hybridized carbons (Fsp3) is 0.214. The second kappa shape index (κ2) is 13.5. The van der Waals surface area contributed by atoms with Crippen LogP contribution in [0.4, 0.5) is 0 Å². The first kappa shape index (κ1) is 29.8. The van der Waals surface area contributed by atoms with Crippen LogP contribution in [0.15, 0.2) is 54.6 Å². The van der Waals surface area contributed by atoms with E-state index >= 15 is 0 Å². The molecule has 1 atom stereocenters. The van der Waals surface area contributed by atoms with Crippen molar-refractivity contribution in [3.8, 4) is 28.1 Å². The monoisotopic (exact) mass is 646 g/mol. The van der Waals surface area contributed by atoms with E-state index in [-0.39, 0.29) is 12.2 Å². The highest BCUT2D eigenvalue weighted by molar-refractivity contribution is 7.77. The molecule has 2 N–H and O–H groups in total. The van der Waals surface area contributed by atoms with E-state index in [1.807, 2.05) is 29.3 Å². The van der Waals surface area contributed by atoms with Gasteiger partial charge in [-0.05, 0) is 67.4 Å². The molecule has 2 aromatic heterocycles. The van der Waals surface area contributed by atoms with Crippen molar-refractivity contribution in [1.29, 1.82) is 0 Å². The van der Waals surface area contributed by atoms with Crippen LogP contribution in [0.1, 0.15) is 45.8 Å². The zero-order chi connectivity index (χ0) is 28.9. The Labute approximate surface area is 259 Å². The molecule has 1 unspecified atom stereocenters. The highest BCUT2D eigenvalue weighted by Gasteiger charge is 2.28. The minimum atomic E-state index is -2.57. The van der Waals surface area contributed by atoms with E-state index in [0.29, 0.717) is 32.0 Å². The molecule has 13 heteroatoms. The predicted molar refractivity (Wildman–Crippen MR) is 163 cm³/mol. The zero-order valence-corrected chi connectivity index (χ0v) is 25.4. The third kappa shape index (κ3) is 7.38. The normalized spacial score (nSPS) is 14.3. The first-order valence-electron chi connectivity index (χ1n) is 12.6. The predicted octanol–water partition coefficient (Wildman–Crippen LogP) is 5.98. The molecule has 0 aliphatic carbocycles. The van der Waals surface area contributed by atoms with E-state index in [1.54, 1.807) is 35.0 Å². The Morgan fingerprint density at radius 1 is 1.00 bits per heavy atom. The van der Waals surface area contributed by atoms with Crippen molar-refractivity contribution < 1.29 is 13.6 Å². The van der Waals surface area contributed by atoms with Crippen LogP contribution in [0.25, 0.3) is 16.3 Å². The Bertz CT molecular complexity index is 1650. The summed E-state index contributed by atoms with van der Waals surface area (Å²) in [6.45, 7) is 1.28. The number of carbonyl (C=O) groups is 1.